The molecule has 0 saturated heterocycles. The Morgan fingerprint density at radius 3 is 2.55 bits per heavy atom. The normalized spacial score (nSPS) is 10.4. The second-order valence-corrected chi connectivity index (χ2v) is 7.18. The van der Waals surface area contributed by atoms with Gasteiger partial charge in [0.05, 0.1) is 15.0 Å². The molecule has 1 aromatic heterocycles. The van der Waals surface area contributed by atoms with Gasteiger partial charge >= 0.3 is 0 Å². The van der Waals surface area contributed by atoms with Crippen molar-refractivity contribution < 1.29 is 14.1 Å². The van der Waals surface area contributed by atoms with Gasteiger partial charge in [-0.2, -0.15) is 0 Å². The van der Waals surface area contributed by atoms with Crippen LogP contribution in [0.25, 0.3) is 11.3 Å². The number of amides is 1. The highest BCUT2D eigenvalue weighted by molar-refractivity contribution is 7.80. The van der Waals surface area contributed by atoms with Gasteiger partial charge in [-0.1, -0.05) is 29.3 Å². The zero-order valence-electron chi connectivity index (χ0n) is 14.9. The third-order valence-corrected chi connectivity index (χ3v) is 4.88. The van der Waals surface area contributed by atoms with E-state index in [1.54, 1.807) is 37.3 Å². The number of carbonyl (C=O) groups is 1. The van der Waals surface area contributed by atoms with Gasteiger partial charge < -0.3 is 9.73 Å². The summed E-state index contributed by atoms with van der Waals surface area (Å²) in [6.07, 6.45) is 0. The molecule has 1 amide bonds. The standard InChI is InChI=1S/C19H13Cl2N3O4S/c1-10-2-4-12(24(26)27)9-15(10)22-19(29)23-18(25)17-7-6-16(28-17)11-3-5-13(20)14(21)8-11/h2-9H,1H3,(H2,22,23,25,29). The Morgan fingerprint density at radius 2 is 1.86 bits per heavy atom. The van der Waals surface area contributed by atoms with Crippen molar-refractivity contribution in [3.05, 3.63) is 80.0 Å². The van der Waals surface area contributed by atoms with Gasteiger partial charge in [-0.25, -0.2) is 0 Å². The number of hydrogen-bond acceptors (Lipinski definition) is 5. The second kappa shape index (κ2) is 8.60. The summed E-state index contributed by atoms with van der Waals surface area (Å²) in [6.45, 7) is 1.76. The average molecular weight is 450 g/mol. The summed E-state index contributed by atoms with van der Waals surface area (Å²) in [5.41, 5.74) is 1.71. The number of carbonyl (C=O) groups excluding carboxylic acids is 1. The third-order valence-electron chi connectivity index (χ3n) is 3.94. The Labute approximate surface area is 180 Å². The van der Waals surface area contributed by atoms with Crippen LogP contribution in [0, 0.1) is 17.0 Å². The molecule has 0 aliphatic heterocycles. The molecule has 148 valence electrons. The number of benzene rings is 2. The van der Waals surface area contributed by atoms with Crippen molar-refractivity contribution >= 4 is 57.8 Å². The topological polar surface area (TPSA) is 97.4 Å². The van der Waals surface area contributed by atoms with Crippen LogP contribution >= 0.6 is 35.4 Å². The van der Waals surface area contributed by atoms with E-state index in [1.165, 1.54) is 18.2 Å². The van der Waals surface area contributed by atoms with Gasteiger partial charge in [0.25, 0.3) is 11.6 Å². The van der Waals surface area contributed by atoms with Crippen LogP contribution in [0.1, 0.15) is 16.1 Å². The molecule has 0 bridgehead atoms. The molecule has 0 radical (unpaired) electrons. The monoisotopic (exact) mass is 449 g/mol. The number of anilines is 1. The smallest absolute Gasteiger partial charge is 0.293 e. The van der Waals surface area contributed by atoms with Crippen LogP contribution in [0.15, 0.2) is 52.9 Å². The summed E-state index contributed by atoms with van der Waals surface area (Å²) in [7, 11) is 0. The van der Waals surface area contributed by atoms with E-state index >= 15 is 0 Å². The molecule has 0 fully saturated rings. The number of nitro groups is 1. The van der Waals surface area contributed by atoms with E-state index < -0.39 is 10.8 Å². The average Bonchev–Trinajstić information content (AvgIpc) is 3.16. The van der Waals surface area contributed by atoms with Crippen molar-refractivity contribution in [3.63, 3.8) is 0 Å². The van der Waals surface area contributed by atoms with Gasteiger partial charge in [0.1, 0.15) is 5.76 Å². The zero-order valence-corrected chi connectivity index (χ0v) is 17.2. The number of furan rings is 1. The molecule has 1 heterocycles. The number of rotatable bonds is 4. The third kappa shape index (κ3) is 4.92. The fraction of sp³-hybridized carbons (Fsp3) is 0.0526. The first kappa shape index (κ1) is 20.8. The van der Waals surface area contributed by atoms with Gasteiger partial charge in [-0.3, -0.25) is 20.2 Å². The van der Waals surface area contributed by atoms with Crippen molar-refractivity contribution in [2.75, 3.05) is 5.32 Å². The van der Waals surface area contributed by atoms with E-state index in [0.717, 1.165) is 5.56 Å². The number of hydrogen-bond donors (Lipinski definition) is 2. The van der Waals surface area contributed by atoms with E-state index in [4.69, 9.17) is 39.8 Å². The SMILES string of the molecule is Cc1ccc([N+](=O)[O-])cc1NC(=S)NC(=O)c1ccc(-c2ccc(Cl)c(Cl)c2)o1. The number of thiocarbonyl (C=S) groups is 1. The highest BCUT2D eigenvalue weighted by atomic mass is 35.5. The zero-order chi connectivity index (χ0) is 21.1. The van der Waals surface area contributed by atoms with Crippen LogP contribution < -0.4 is 10.6 Å². The Morgan fingerprint density at radius 1 is 1.10 bits per heavy atom. The summed E-state index contributed by atoms with van der Waals surface area (Å²) in [6, 6.07) is 12.4. The first-order valence-electron chi connectivity index (χ1n) is 8.17. The van der Waals surface area contributed by atoms with E-state index in [1.807, 2.05) is 0 Å². The molecular weight excluding hydrogens is 437 g/mol. The van der Waals surface area contributed by atoms with Gasteiger partial charge in [0.2, 0.25) is 0 Å². The van der Waals surface area contributed by atoms with Crippen LogP contribution in [-0.4, -0.2) is 15.9 Å². The lowest BCUT2D eigenvalue weighted by Gasteiger charge is -2.10. The lowest BCUT2D eigenvalue weighted by molar-refractivity contribution is -0.384. The lowest BCUT2D eigenvalue weighted by atomic mass is 10.2. The maximum Gasteiger partial charge on any atom is 0.293 e. The first-order valence-corrected chi connectivity index (χ1v) is 9.33. The Hall–Kier alpha value is -2.94. The van der Waals surface area contributed by atoms with Crippen LogP contribution in [0.5, 0.6) is 0 Å². The molecule has 0 saturated carbocycles. The van der Waals surface area contributed by atoms with Crippen molar-refractivity contribution in [1.29, 1.82) is 0 Å². The Kier molecular flexibility index (Phi) is 6.17. The molecule has 0 spiro atoms. The molecule has 29 heavy (non-hydrogen) atoms. The molecule has 0 atom stereocenters. The first-order chi connectivity index (χ1) is 13.7. The van der Waals surface area contributed by atoms with Gasteiger partial charge in [0.15, 0.2) is 10.9 Å². The fourth-order valence-corrected chi connectivity index (χ4v) is 2.94. The summed E-state index contributed by atoms with van der Waals surface area (Å²) < 4.78 is 5.56. The Balaban J connectivity index is 1.70. The van der Waals surface area contributed by atoms with Crippen LogP contribution in [-0.2, 0) is 0 Å². The number of nitrogens with one attached hydrogen (secondary N) is 2. The summed E-state index contributed by atoms with van der Waals surface area (Å²) >= 11 is 17.0. The molecule has 0 unspecified atom stereocenters. The summed E-state index contributed by atoms with van der Waals surface area (Å²) in [5, 5.41) is 16.9. The van der Waals surface area contributed by atoms with Gasteiger partial charge in [0, 0.05) is 23.4 Å². The minimum atomic E-state index is -0.572. The van der Waals surface area contributed by atoms with E-state index in [0.29, 0.717) is 27.1 Å². The van der Waals surface area contributed by atoms with Crippen molar-refractivity contribution in [1.82, 2.24) is 5.32 Å². The van der Waals surface area contributed by atoms with Gasteiger partial charge in [-0.15, -0.1) is 0 Å². The lowest BCUT2D eigenvalue weighted by Crippen LogP contribution is -2.34. The molecule has 3 aromatic rings. The molecule has 2 N–H and O–H groups in total. The molecule has 10 heteroatoms. The quantitative estimate of drug-likeness (QED) is 0.305. The number of nitrogens with zero attached hydrogens (tertiary/aromatic N) is 1. The summed E-state index contributed by atoms with van der Waals surface area (Å²) in [5.74, 6) is -0.106. The highest BCUT2D eigenvalue weighted by Crippen LogP contribution is 2.29. The van der Waals surface area contributed by atoms with Crippen molar-refractivity contribution in [2.24, 2.45) is 0 Å². The predicted octanol–water partition coefficient (Wildman–Crippen LogP) is 5.60. The molecule has 0 aliphatic carbocycles. The number of non-ortho nitro benzene ring substituents is 1. The predicted molar refractivity (Wildman–Crippen MR) is 116 cm³/mol. The van der Waals surface area contributed by atoms with Crippen LogP contribution in [0.3, 0.4) is 0 Å². The maximum absolute atomic E-state index is 12.4. The minimum Gasteiger partial charge on any atom is -0.451 e. The second-order valence-electron chi connectivity index (χ2n) is 5.96. The largest absolute Gasteiger partial charge is 0.451 e. The van der Waals surface area contributed by atoms with E-state index in [9.17, 15) is 14.9 Å². The molecular formula is C19H13Cl2N3O4S. The Bertz CT molecular complexity index is 1130. The molecule has 7 nitrogen and oxygen atoms in total. The van der Waals surface area contributed by atoms with E-state index in [2.05, 4.69) is 10.6 Å². The number of halogens is 2. The molecule has 2 aromatic carbocycles. The summed E-state index contributed by atoms with van der Waals surface area (Å²) in [4.78, 5) is 22.8. The molecule has 3 rings (SSSR count). The maximum atomic E-state index is 12.4. The molecule has 0 aliphatic rings. The van der Waals surface area contributed by atoms with Crippen LogP contribution in [0.4, 0.5) is 11.4 Å². The number of aryl methyl sites for hydroxylation is 1. The van der Waals surface area contributed by atoms with Crippen molar-refractivity contribution in [3.8, 4) is 11.3 Å². The fourth-order valence-electron chi connectivity index (χ4n) is 2.44. The highest BCUT2D eigenvalue weighted by Gasteiger charge is 2.16. The van der Waals surface area contributed by atoms with Gasteiger partial charge in [-0.05, 0) is 55.0 Å². The van der Waals surface area contributed by atoms with Crippen molar-refractivity contribution in [2.45, 2.75) is 6.92 Å². The van der Waals surface area contributed by atoms with Crippen LogP contribution in [0.2, 0.25) is 10.0 Å². The number of nitro benzene ring substituents is 1. The van der Waals surface area contributed by atoms with E-state index in [-0.39, 0.29) is 16.6 Å². The minimum absolute atomic E-state index is 0.0221.